The summed E-state index contributed by atoms with van der Waals surface area (Å²) in [6.45, 7) is 2.51. The van der Waals surface area contributed by atoms with Gasteiger partial charge in [0.25, 0.3) is 0 Å². The topological polar surface area (TPSA) is 89.0 Å². The van der Waals surface area contributed by atoms with Crippen molar-refractivity contribution in [3.05, 3.63) is 88.7 Å². The number of hydrogen-bond acceptors (Lipinski definition) is 5. The van der Waals surface area contributed by atoms with Crippen molar-refractivity contribution >= 4 is 35.3 Å². The minimum absolute atomic E-state index is 0.110. The molecule has 0 aliphatic heterocycles. The second kappa shape index (κ2) is 11.6. The van der Waals surface area contributed by atoms with Crippen LogP contribution in [-0.4, -0.2) is 24.6 Å². The number of anilines is 1. The Morgan fingerprint density at radius 3 is 2.48 bits per heavy atom. The SMILES string of the molecule is CCOc1cc(/C=N\NC(=O)C(=O)Nc2ccccc2F)cc(Cl)c1OCc1ccccc1. The lowest BCUT2D eigenvalue weighted by Crippen LogP contribution is -2.32. The monoisotopic (exact) mass is 469 g/mol. The molecule has 0 spiro atoms. The van der Waals surface area contributed by atoms with Gasteiger partial charge in [0.15, 0.2) is 11.5 Å². The number of hydrogen-bond donors (Lipinski definition) is 2. The Kier molecular flexibility index (Phi) is 8.37. The molecule has 2 amide bonds. The van der Waals surface area contributed by atoms with Gasteiger partial charge in [0.05, 0.1) is 23.5 Å². The third-order valence-corrected chi connectivity index (χ3v) is 4.55. The second-order valence-corrected chi connectivity index (χ2v) is 7.08. The number of ether oxygens (including phenoxy) is 2. The quantitative estimate of drug-likeness (QED) is 0.288. The molecular weight excluding hydrogens is 449 g/mol. The number of halogens is 2. The molecule has 0 bridgehead atoms. The second-order valence-electron chi connectivity index (χ2n) is 6.67. The number of carbonyl (C=O) groups excluding carboxylic acids is 2. The number of carbonyl (C=O) groups is 2. The van der Waals surface area contributed by atoms with Crippen LogP contribution < -0.4 is 20.2 Å². The normalized spacial score (nSPS) is 10.6. The third kappa shape index (κ3) is 6.78. The van der Waals surface area contributed by atoms with Crippen LogP contribution in [0, 0.1) is 5.82 Å². The van der Waals surface area contributed by atoms with Crippen LogP contribution >= 0.6 is 11.6 Å². The molecule has 170 valence electrons. The minimum atomic E-state index is -1.06. The molecule has 3 aromatic rings. The molecule has 0 fully saturated rings. The van der Waals surface area contributed by atoms with Crippen LogP contribution in [0.3, 0.4) is 0 Å². The molecule has 0 saturated heterocycles. The van der Waals surface area contributed by atoms with Crippen molar-refractivity contribution in [1.29, 1.82) is 0 Å². The molecular formula is C24H21ClFN3O4. The van der Waals surface area contributed by atoms with Crippen molar-refractivity contribution in [2.45, 2.75) is 13.5 Å². The molecule has 0 radical (unpaired) electrons. The van der Waals surface area contributed by atoms with Gasteiger partial charge in [-0.1, -0.05) is 54.1 Å². The fraction of sp³-hybridized carbons (Fsp3) is 0.125. The molecule has 7 nitrogen and oxygen atoms in total. The first kappa shape index (κ1) is 23.7. The molecule has 0 aromatic heterocycles. The van der Waals surface area contributed by atoms with Crippen LogP contribution in [0.2, 0.25) is 5.02 Å². The molecule has 3 aromatic carbocycles. The fourth-order valence-electron chi connectivity index (χ4n) is 2.75. The molecule has 0 heterocycles. The summed E-state index contributed by atoms with van der Waals surface area (Å²) < 4.78 is 25.1. The Morgan fingerprint density at radius 2 is 1.76 bits per heavy atom. The summed E-state index contributed by atoms with van der Waals surface area (Å²) in [5.41, 5.74) is 3.45. The van der Waals surface area contributed by atoms with Gasteiger partial charge in [0.2, 0.25) is 0 Å². The molecule has 0 aliphatic carbocycles. The Hall–Kier alpha value is -3.91. The lowest BCUT2D eigenvalue weighted by molar-refractivity contribution is -0.136. The summed E-state index contributed by atoms with van der Waals surface area (Å²) in [7, 11) is 0. The van der Waals surface area contributed by atoms with Crippen LogP contribution in [0.5, 0.6) is 11.5 Å². The average Bonchev–Trinajstić information content (AvgIpc) is 2.81. The number of rotatable bonds is 8. The highest BCUT2D eigenvalue weighted by Crippen LogP contribution is 2.37. The molecule has 3 rings (SSSR count). The Morgan fingerprint density at radius 1 is 1.03 bits per heavy atom. The first-order valence-corrected chi connectivity index (χ1v) is 10.4. The minimum Gasteiger partial charge on any atom is -0.490 e. The highest BCUT2D eigenvalue weighted by atomic mass is 35.5. The number of benzene rings is 3. The van der Waals surface area contributed by atoms with Gasteiger partial charge in [0.1, 0.15) is 12.4 Å². The van der Waals surface area contributed by atoms with Gasteiger partial charge in [-0.3, -0.25) is 9.59 Å². The summed E-state index contributed by atoms with van der Waals surface area (Å²) in [4.78, 5) is 23.8. The van der Waals surface area contributed by atoms with Crippen LogP contribution in [0.4, 0.5) is 10.1 Å². The van der Waals surface area contributed by atoms with Gasteiger partial charge >= 0.3 is 11.8 Å². The highest BCUT2D eigenvalue weighted by molar-refractivity contribution is 6.39. The molecule has 33 heavy (non-hydrogen) atoms. The van der Waals surface area contributed by atoms with Crippen LogP contribution in [-0.2, 0) is 16.2 Å². The summed E-state index contributed by atoms with van der Waals surface area (Å²) in [5, 5.41) is 6.22. The number of nitrogens with one attached hydrogen (secondary N) is 2. The third-order valence-electron chi connectivity index (χ3n) is 4.27. The summed E-state index contributed by atoms with van der Waals surface area (Å²) in [5.74, 6) is -1.99. The van der Waals surface area contributed by atoms with E-state index in [9.17, 15) is 14.0 Å². The van der Waals surface area contributed by atoms with E-state index in [0.29, 0.717) is 35.3 Å². The smallest absolute Gasteiger partial charge is 0.329 e. The van der Waals surface area contributed by atoms with Gasteiger partial charge in [0, 0.05) is 0 Å². The van der Waals surface area contributed by atoms with Crippen molar-refractivity contribution in [3.63, 3.8) is 0 Å². The van der Waals surface area contributed by atoms with E-state index in [1.165, 1.54) is 30.5 Å². The Bertz CT molecular complexity index is 1160. The summed E-state index contributed by atoms with van der Waals surface area (Å²) >= 11 is 6.38. The number of nitrogens with zero attached hydrogens (tertiary/aromatic N) is 1. The van der Waals surface area contributed by atoms with E-state index >= 15 is 0 Å². The van der Waals surface area contributed by atoms with E-state index in [1.807, 2.05) is 37.3 Å². The predicted octanol–water partition coefficient (Wildman–Crippen LogP) is 4.55. The number of para-hydroxylation sites is 1. The standard InChI is InChI=1S/C24H21ClFN3O4/c1-2-32-21-13-17(12-18(25)22(21)33-15-16-8-4-3-5-9-16)14-27-29-24(31)23(30)28-20-11-7-6-10-19(20)26/h3-14H,2,15H2,1H3,(H,28,30)(H,29,31)/b27-14-. The summed E-state index contributed by atoms with van der Waals surface area (Å²) in [6.07, 6.45) is 1.30. The molecule has 2 N–H and O–H groups in total. The van der Waals surface area contributed by atoms with Gasteiger partial charge in [-0.05, 0) is 42.3 Å². The molecule has 0 unspecified atom stereocenters. The van der Waals surface area contributed by atoms with E-state index in [0.717, 1.165) is 5.56 Å². The van der Waals surface area contributed by atoms with Crippen LogP contribution in [0.15, 0.2) is 71.8 Å². The van der Waals surface area contributed by atoms with Crippen LogP contribution in [0.1, 0.15) is 18.1 Å². The van der Waals surface area contributed by atoms with Gasteiger partial charge in [-0.2, -0.15) is 5.10 Å². The van der Waals surface area contributed by atoms with Crippen molar-refractivity contribution in [3.8, 4) is 11.5 Å². The first-order chi connectivity index (χ1) is 16.0. The zero-order valence-electron chi connectivity index (χ0n) is 17.7. The Balaban J connectivity index is 1.65. The maximum atomic E-state index is 13.6. The molecule has 9 heteroatoms. The van der Waals surface area contributed by atoms with Crippen molar-refractivity contribution in [2.24, 2.45) is 5.10 Å². The fourth-order valence-corrected chi connectivity index (χ4v) is 3.03. The lowest BCUT2D eigenvalue weighted by atomic mass is 10.2. The summed E-state index contributed by atoms with van der Waals surface area (Å²) in [6, 6.07) is 18.3. The Labute approximate surface area is 195 Å². The average molecular weight is 470 g/mol. The zero-order chi connectivity index (χ0) is 23.6. The van der Waals surface area contributed by atoms with Crippen LogP contribution in [0.25, 0.3) is 0 Å². The van der Waals surface area contributed by atoms with E-state index in [2.05, 4.69) is 15.8 Å². The maximum Gasteiger partial charge on any atom is 0.329 e. The van der Waals surface area contributed by atoms with Crippen molar-refractivity contribution in [2.75, 3.05) is 11.9 Å². The lowest BCUT2D eigenvalue weighted by Gasteiger charge is -2.14. The van der Waals surface area contributed by atoms with Crippen molar-refractivity contribution in [1.82, 2.24) is 5.43 Å². The molecule has 0 aliphatic rings. The van der Waals surface area contributed by atoms with E-state index in [1.54, 1.807) is 12.1 Å². The van der Waals surface area contributed by atoms with Crippen molar-refractivity contribution < 1.29 is 23.5 Å². The molecule has 0 saturated carbocycles. The number of hydrazone groups is 1. The predicted molar refractivity (Wildman–Crippen MR) is 124 cm³/mol. The maximum absolute atomic E-state index is 13.6. The number of amides is 2. The molecule has 0 atom stereocenters. The van der Waals surface area contributed by atoms with Gasteiger partial charge < -0.3 is 14.8 Å². The zero-order valence-corrected chi connectivity index (χ0v) is 18.4. The van der Waals surface area contributed by atoms with Gasteiger partial charge in [-0.15, -0.1) is 0 Å². The first-order valence-electron chi connectivity index (χ1n) is 10.00. The highest BCUT2D eigenvalue weighted by Gasteiger charge is 2.15. The van der Waals surface area contributed by atoms with E-state index in [4.69, 9.17) is 21.1 Å². The van der Waals surface area contributed by atoms with E-state index < -0.39 is 17.6 Å². The van der Waals surface area contributed by atoms with E-state index in [-0.39, 0.29) is 5.69 Å². The largest absolute Gasteiger partial charge is 0.490 e. The van der Waals surface area contributed by atoms with Gasteiger partial charge in [-0.25, -0.2) is 9.82 Å².